The van der Waals surface area contributed by atoms with Gasteiger partial charge in [-0.25, -0.2) is 4.98 Å². The normalized spacial score (nSPS) is 12.8. The molecular weight excluding hydrogens is 212 g/mol. The van der Waals surface area contributed by atoms with Crippen LogP contribution >= 0.6 is 0 Å². The molecule has 0 aliphatic rings. The number of likely N-dealkylation sites (N-methyl/N-ethyl adjacent to an activating group) is 1. The number of nitrogens with two attached hydrogens (primary N) is 1. The number of hydrogen-bond donors (Lipinski definition) is 2. The quantitative estimate of drug-likeness (QED) is 0.794. The minimum atomic E-state index is 0.340. The Morgan fingerprint density at radius 3 is 2.59 bits per heavy atom. The van der Waals surface area contributed by atoms with Gasteiger partial charge in [-0.15, -0.1) is 0 Å². The fraction of sp³-hybridized carbons (Fsp3) is 0.615. The number of nitrogen functional groups attached to an aromatic ring is 1. The summed E-state index contributed by atoms with van der Waals surface area (Å²) in [7, 11) is 0. The Morgan fingerprint density at radius 2 is 2.06 bits per heavy atom. The Morgan fingerprint density at radius 1 is 1.41 bits per heavy atom. The van der Waals surface area contributed by atoms with Gasteiger partial charge in [-0.1, -0.05) is 13.8 Å². The minimum Gasteiger partial charge on any atom is -0.396 e. The lowest BCUT2D eigenvalue weighted by molar-refractivity contribution is 0.294. The summed E-state index contributed by atoms with van der Waals surface area (Å²) >= 11 is 0. The van der Waals surface area contributed by atoms with Gasteiger partial charge in [-0.05, 0) is 38.6 Å². The van der Waals surface area contributed by atoms with Crippen LogP contribution in [-0.4, -0.2) is 35.6 Å². The van der Waals surface area contributed by atoms with Crippen molar-refractivity contribution in [1.82, 2.24) is 9.88 Å². The summed E-state index contributed by atoms with van der Waals surface area (Å²) in [5, 5.41) is 3.36. The summed E-state index contributed by atoms with van der Waals surface area (Å²) in [5.41, 5.74) is 7.73. The second-order valence-electron chi connectivity index (χ2n) is 4.48. The molecule has 1 aromatic rings. The van der Waals surface area contributed by atoms with E-state index in [0.29, 0.717) is 6.04 Å². The second-order valence-corrected chi connectivity index (χ2v) is 4.48. The molecule has 1 heterocycles. The molecule has 3 N–H and O–H groups in total. The number of rotatable bonds is 6. The Bertz CT molecular complexity index is 347. The maximum Gasteiger partial charge on any atom is 0.149 e. The first-order chi connectivity index (χ1) is 8.06. The molecule has 17 heavy (non-hydrogen) atoms. The van der Waals surface area contributed by atoms with Gasteiger partial charge < -0.3 is 16.0 Å². The third-order valence-electron chi connectivity index (χ3n) is 2.86. The number of nitrogens with one attached hydrogen (secondary N) is 1. The Labute approximate surface area is 104 Å². The van der Waals surface area contributed by atoms with Crippen molar-refractivity contribution in [2.45, 2.75) is 33.7 Å². The van der Waals surface area contributed by atoms with Gasteiger partial charge in [0.25, 0.3) is 0 Å². The third kappa shape index (κ3) is 4.23. The molecule has 0 spiro atoms. The third-order valence-corrected chi connectivity index (χ3v) is 2.86. The van der Waals surface area contributed by atoms with Crippen molar-refractivity contribution in [2.75, 3.05) is 30.7 Å². The first kappa shape index (κ1) is 13.8. The zero-order chi connectivity index (χ0) is 12.8. The number of aromatic nitrogens is 1. The number of pyridine rings is 1. The molecule has 1 atom stereocenters. The fourth-order valence-electron chi connectivity index (χ4n) is 1.86. The lowest BCUT2D eigenvalue weighted by Gasteiger charge is -2.24. The van der Waals surface area contributed by atoms with Gasteiger partial charge in [-0.2, -0.15) is 0 Å². The monoisotopic (exact) mass is 236 g/mol. The van der Waals surface area contributed by atoms with Crippen molar-refractivity contribution in [3.8, 4) is 0 Å². The van der Waals surface area contributed by atoms with E-state index in [0.717, 1.165) is 36.7 Å². The van der Waals surface area contributed by atoms with E-state index < -0.39 is 0 Å². The highest BCUT2D eigenvalue weighted by molar-refractivity contribution is 5.61. The van der Waals surface area contributed by atoms with Crippen LogP contribution in [0.1, 0.15) is 26.3 Å². The van der Waals surface area contributed by atoms with Gasteiger partial charge in [-0.3, -0.25) is 0 Å². The molecule has 1 aromatic heterocycles. The lowest BCUT2D eigenvalue weighted by atomic mass is 10.2. The van der Waals surface area contributed by atoms with E-state index >= 15 is 0 Å². The summed E-state index contributed by atoms with van der Waals surface area (Å²) in [5.74, 6) is 0.787. The highest BCUT2D eigenvalue weighted by Crippen LogP contribution is 2.16. The van der Waals surface area contributed by atoms with Crippen LogP contribution in [0.4, 0.5) is 11.5 Å². The van der Waals surface area contributed by atoms with Gasteiger partial charge in [0.2, 0.25) is 0 Å². The maximum atomic E-state index is 5.93. The van der Waals surface area contributed by atoms with Crippen LogP contribution in [0.5, 0.6) is 0 Å². The largest absolute Gasteiger partial charge is 0.396 e. The van der Waals surface area contributed by atoms with E-state index in [2.05, 4.69) is 36.0 Å². The van der Waals surface area contributed by atoms with Crippen LogP contribution in [0.2, 0.25) is 0 Å². The molecule has 0 saturated carbocycles. The highest BCUT2D eigenvalue weighted by Gasteiger charge is 2.09. The van der Waals surface area contributed by atoms with Crippen molar-refractivity contribution < 1.29 is 0 Å². The van der Waals surface area contributed by atoms with Crippen LogP contribution in [0.15, 0.2) is 12.3 Å². The number of anilines is 2. The van der Waals surface area contributed by atoms with Crippen molar-refractivity contribution in [2.24, 2.45) is 0 Å². The molecule has 0 aliphatic carbocycles. The standard InChI is InChI=1S/C13H24N4/c1-5-17(6-2)9-11(4)16-13-12(14)7-10(3)8-15-13/h7-8,11H,5-6,9,14H2,1-4H3,(H,15,16). The molecule has 0 amide bonds. The SMILES string of the molecule is CCN(CC)CC(C)Nc1ncc(C)cc1N. The molecular formula is C13H24N4. The molecule has 0 radical (unpaired) electrons. The summed E-state index contributed by atoms with van der Waals surface area (Å²) in [6, 6.07) is 2.28. The molecule has 1 rings (SSSR count). The average Bonchev–Trinajstić information content (AvgIpc) is 2.29. The van der Waals surface area contributed by atoms with Crippen molar-refractivity contribution in [1.29, 1.82) is 0 Å². The predicted molar refractivity (Wildman–Crippen MR) is 74.3 cm³/mol. The highest BCUT2D eigenvalue weighted by atomic mass is 15.1. The Hall–Kier alpha value is -1.29. The Balaban J connectivity index is 2.58. The van der Waals surface area contributed by atoms with Gasteiger partial charge in [0.15, 0.2) is 0 Å². The topological polar surface area (TPSA) is 54.2 Å². The predicted octanol–water partition coefficient (Wildman–Crippen LogP) is 2.11. The molecule has 4 heteroatoms. The average molecular weight is 236 g/mol. The van der Waals surface area contributed by atoms with E-state index in [1.807, 2.05) is 19.2 Å². The van der Waals surface area contributed by atoms with Crippen LogP contribution in [-0.2, 0) is 0 Å². The molecule has 0 aromatic carbocycles. The summed E-state index contributed by atoms with van der Waals surface area (Å²) in [6.07, 6.45) is 1.84. The van der Waals surface area contributed by atoms with Crippen LogP contribution in [0, 0.1) is 6.92 Å². The molecule has 96 valence electrons. The van der Waals surface area contributed by atoms with Crippen molar-refractivity contribution in [3.63, 3.8) is 0 Å². The van der Waals surface area contributed by atoms with Crippen LogP contribution in [0.3, 0.4) is 0 Å². The maximum absolute atomic E-state index is 5.93. The van der Waals surface area contributed by atoms with Crippen LogP contribution < -0.4 is 11.1 Å². The molecule has 4 nitrogen and oxygen atoms in total. The van der Waals surface area contributed by atoms with Gasteiger partial charge in [0, 0.05) is 18.8 Å². The second kappa shape index (κ2) is 6.45. The van der Waals surface area contributed by atoms with Gasteiger partial charge in [0.05, 0.1) is 5.69 Å². The van der Waals surface area contributed by atoms with E-state index in [9.17, 15) is 0 Å². The van der Waals surface area contributed by atoms with Crippen LogP contribution in [0.25, 0.3) is 0 Å². The minimum absolute atomic E-state index is 0.340. The van der Waals surface area contributed by atoms with E-state index in [1.165, 1.54) is 0 Å². The fourth-order valence-corrected chi connectivity index (χ4v) is 1.86. The zero-order valence-corrected chi connectivity index (χ0v) is 11.3. The van der Waals surface area contributed by atoms with Crippen molar-refractivity contribution in [3.05, 3.63) is 17.8 Å². The van der Waals surface area contributed by atoms with Crippen molar-refractivity contribution >= 4 is 11.5 Å². The summed E-state index contributed by atoms with van der Waals surface area (Å²) in [4.78, 5) is 6.70. The number of aryl methyl sites for hydroxylation is 1. The Kier molecular flexibility index (Phi) is 5.22. The number of hydrogen-bond acceptors (Lipinski definition) is 4. The summed E-state index contributed by atoms with van der Waals surface area (Å²) in [6.45, 7) is 11.6. The number of nitrogens with zero attached hydrogens (tertiary/aromatic N) is 2. The lowest BCUT2D eigenvalue weighted by Crippen LogP contribution is -2.35. The first-order valence-corrected chi connectivity index (χ1v) is 6.27. The molecule has 0 fully saturated rings. The molecule has 1 unspecified atom stereocenters. The summed E-state index contributed by atoms with van der Waals surface area (Å²) < 4.78 is 0. The van der Waals surface area contributed by atoms with E-state index in [4.69, 9.17) is 5.73 Å². The van der Waals surface area contributed by atoms with E-state index in [1.54, 1.807) is 0 Å². The first-order valence-electron chi connectivity index (χ1n) is 6.27. The molecule has 0 bridgehead atoms. The smallest absolute Gasteiger partial charge is 0.149 e. The molecule has 0 saturated heterocycles. The zero-order valence-electron chi connectivity index (χ0n) is 11.3. The van der Waals surface area contributed by atoms with Gasteiger partial charge in [0.1, 0.15) is 5.82 Å². The molecule has 0 aliphatic heterocycles. The van der Waals surface area contributed by atoms with Gasteiger partial charge >= 0.3 is 0 Å². The van der Waals surface area contributed by atoms with E-state index in [-0.39, 0.29) is 0 Å².